The molecule has 1 aliphatic carbocycles. The first-order valence-corrected chi connectivity index (χ1v) is 14.5. The zero-order valence-electron chi connectivity index (χ0n) is 24.3. The summed E-state index contributed by atoms with van der Waals surface area (Å²) in [4.78, 5) is 18.3. The van der Waals surface area contributed by atoms with Crippen LogP contribution in [-0.4, -0.2) is 81.0 Å². The van der Waals surface area contributed by atoms with Gasteiger partial charge in [-0.2, -0.15) is 9.97 Å². The molecule has 5 rings (SSSR count). The maximum Gasteiger partial charge on any atom is 0.296 e. The van der Waals surface area contributed by atoms with Gasteiger partial charge in [0.2, 0.25) is 5.95 Å². The molecule has 222 valence electrons. The van der Waals surface area contributed by atoms with E-state index in [0.29, 0.717) is 72.6 Å². The first-order chi connectivity index (χ1) is 19.7. The number of aliphatic hydroxyl groups is 1. The van der Waals surface area contributed by atoms with E-state index in [1.54, 1.807) is 31.2 Å². The van der Waals surface area contributed by atoms with Gasteiger partial charge in [-0.1, -0.05) is 12.1 Å². The number of benzene rings is 1. The highest BCUT2D eigenvalue weighted by molar-refractivity contribution is 5.78. The molecule has 2 aliphatic rings. The smallest absolute Gasteiger partial charge is 0.296 e. The molecule has 0 radical (unpaired) electrons. The number of nitrogens with zero attached hydrogens (tertiary/aromatic N) is 6. The monoisotopic (exact) mass is 569 g/mol. The van der Waals surface area contributed by atoms with Gasteiger partial charge in [0, 0.05) is 31.2 Å². The van der Waals surface area contributed by atoms with E-state index < -0.39 is 6.43 Å². The first-order valence-electron chi connectivity index (χ1n) is 14.5. The normalized spacial score (nSPS) is 23.0. The number of anilines is 2. The predicted molar refractivity (Wildman–Crippen MR) is 157 cm³/mol. The number of ether oxygens (including phenoxy) is 1. The molecule has 1 unspecified atom stereocenters. The summed E-state index contributed by atoms with van der Waals surface area (Å²) in [6.07, 6.45) is 3.39. The molecule has 1 saturated carbocycles. The van der Waals surface area contributed by atoms with Gasteiger partial charge in [-0.15, -0.1) is 0 Å². The number of alkyl halides is 2. The van der Waals surface area contributed by atoms with Gasteiger partial charge in [0.1, 0.15) is 11.6 Å². The third-order valence-electron chi connectivity index (χ3n) is 8.44. The SMILES string of the molecule is C/C(O)=C/C(C)N(C)[C@H]1CC[C@H](CNc2nc(N3CCOC[C@H]3C)cc(-n3c(C(F)F)nc4ccccc43)n2)CC1. The minimum atomic E-state index is -2.76. The number of imidazole rings is 1. The zero-order valence-corrected chi connectivity index (χ0v) is 24.3. The summed E-state index contributed by atoms with van der Waals surface area (Å²) in [5.74, 6) is 1.93. The average Bonchev–Trinajstić information content (AvgIpc) is 3.36. The Balaban J connectivity index is 1.38. The molecule has 0 amide bonds. The Morgan fingerprint density at radius 1 is 1.17 bits per heavy atom. The van der Waals surface area contributed by atoms with Crippen LogP contribution in [0.25, 0.3) is 16.9 Å². The lowest BCUT2D eigenvalue weighted by Crippen LogP contribution is -2.44. The highest BCUT2D eigenvalue weighted by Crippen LogP contribution is 2.31. The van der Waals surface area contributed by atoms with Crippen LogP contribution in [0.15, 0.2) is 42.2 Å². The number of para-hydroxylation sites is 2. The Morgan fingerprint density at radius 3 is 2.61 bits per heavy atom. The number of aromatic nitrogens is 4. The molecule has 41 heavy (non-hydrogen) atoms. The maximum atomic E-state index is 14.2. The van der Waals surface area contributed by atoms with Crippen molar-refractivity contribution in [3.8, 4) is 5.82 Å². The van der Waals surface area contributed by atoms with Crippen molar-refractivity contribution in [1.29, 1.82) is 0 Å². The minimum absolute atomic E-state index is 0.0903. The molecule has 11 heteroatoms. The van der Waals surface area contributed by atoms with Gasteiger partial charge in [-0.3, -0.25) is 9.47 Å². The van der Waals surface area contributed by atoms with Gasteiger partial charge in [0.25, 0.3) is 6.43 Å². The van der Waals surface area contributed by atoms with Crippen LogP contribution < -0.4 is 10.2 Å². The van der Waals surface area contributed by atoms with Crippen LogP contribution in [-0.2, 0) is 4.74 Å². The topological polar surface area (TPSA) is 91.6 Å². The fraction of sp³-hybridized carbons (Fsp3) is 0.567. The molecule has 1 saturated heterocycles. The molecule has 3 heterocycles. The predicted octanol–water partition coefficient (Wildman–Crippen LogP) is 5.73. The lowest BCUT2D eigenvalue weighted by Gasteiger charge is -2.37. The fourth-order valence-electron chi connectivity index (χ4n) is 6.05. The minimum Gasteiger partial charge on any atom is -0.513 e. The maximum absolute atomic E-state index is 14.2. The van der Waals surface area contributed by atoms with E-state index in [4.69, 9.17) is 14.7 Å². The molecule has 0 bridgehead atoms. The molecule has 3 aromatic rings. The molecule has 2 aromatic heterocycles. The van der Waals surface area contributed by atoms with Gasteiger partial charge in [0.05, 0.1) is 36.0 Å². The molecule has 1 aromatic carbocycles. The van der Waals surface area contributed by atoms with Crippen molar-refractivity contribution in [1.82, 2.24) is 24.4 Å². The Hall–Kier alpha value is -3.31. The van der Waals surface area contributed by atoms with Crippen LogP contribution in [0.2, 0.25) is 0 Å². The molecule has 9 nitrogen and oxygen atoms in total. The standard InChI is InChI=1S/C30H41F2N7O2/c1-19(15-21(3)40)37(4)23-11-9-22(10-12-23)17-33-30-35-26(38-13-14-41-18-20(38)2)16-27(36-30)39-25-8-6-5-7-24(25)34-29(39)28(31)32/h5-8,15-16,19-20,22-23,28,40H,9-14,17-18H2,1-4H3,(H,33,35,36)/b21-15-/t19?,20-,22-,23-/m1/s1. The summed E-state index contributed by atoms with van der Waals surface area (Å²) >= 11 is 0. The third kappa shape index (κ3) is 6.62. The summed E-state index contributed by atoms with van der Waals surface area (Å²) in [5.41, 5.74) is 1.08. The average molecular weight is 570 g/mol. The van der Waals surface area contributed by atoms with Crippen molar-refractivity contribution in [2.45, 2.75) is 71.0 Å². The van der Waals surface area contributed by atoms with Gasteiger partial charge in [-0.05, 0) is 77.6 Å². The Morgan fingerprint density at radius 2 is 1.90 bits per heavy atom. The highest BCUT2D eigenvalue weighted by Gasteiger charge is 2.28. The van der Waals surface area contributed by atoms with Crippen molar-refractivity contribution in [3.05, 3.63) is 48.0 Å². The summed E-state index contributed by atoms with van der Waals surface area (Å²) in [7, 11) is 2.12. The Kier molecular flexibility index (Phi) is 9.03. The number of morpholine rings is 1. The van der Waals surface area contributed by atoms with E-state index in [2.05, 4.69) is 41.0 Å². The van der Waals surface area contributed by atoms with Gasteiger partial charge in [-0.25, -0.2) is 13.8 Å². The number of allylic oxidation sites excluding steroid dienone is 1. The van der Waals surface area contributed by atoms with Crippen LogP contribution in [0.5, 0.6) is 0 Å². The van der Waals surface area contributed by atoms with Crippen molar-refractivity contribution in [2.24, 2.45) is 5.92 Å². The van der Waals surface area contributed by atoms with Crippen molar-refractivity contribution in [2.75, 3.05) is 43.6 Å². The molecular formula is C30H41F2N7O2. The number of rotatable bonds is 9. The number of fused-ring (bicyclic) bond motifs is 1. The molecule has 2 fully saturated rings. The van der Waals surface area contributed by atoms with E-state index >= 15 is 0 Å². The van der Waals surface area contributed by atoms with E-state index in [9.17, 15) is 13.9 Å². The van der Waals surface area contributed by atoms with E-state index in [1.807, 2.05) is 12.1 Å². The summed E-state index contributed by atoms with van der Waals surface area (Å²) in [5, 5.41) is 13.1. The van der Waals surface area contributed by atoms with Gasteiger partial charge < -0.3 is 20.1 Å². The van der Waals surface area contributed by atoms with Crippen LogP contribution in [0, 0.1) is 5.92 Å². The number of aliphatic hydroxyl groups excluding tert-OH is 1. The molecule has 2 atom stereocenters. The summed E-state index contributed by atoms with van der Waals surface area (Å²) in [6, 6.07) is 9.64. The van der Waals surface area contributed by atoms with Crippen molar-refractivity contribution in [3.63, 3.8) is 0 Å². The summed E-state index contributed by atoms with van der Waals surface area (Å²) < 4.78 is 35.4. The van der Waals surface area contributed by atoms with Crippen LogP contribution in [0.3, 0.4) is 0 Å². The lowest BCUT2D eigenvalue weighted by molar-refractivity contribution is 0.0985. The number of halogens is 2. The zero-order chi connectivity index (χ0) is 29.1. The second-order valence-corrected chi connectivity index (χ2v) is 11.4. The third-order valence-corrected chi connectivity index (χ3v) is 8.44. The van der Waals surface area contributed by atoms with Crippen molar-refractivity contribution < 1.29 is 18.6 Å². The number of nitrogens with one attached hydrogen (secondary N) is 1. The molecule has 2 N–H and O–H groups in total. The van der Waals surface area contributed by atoms with E-state index in [1.165, 1.54) is 4.57 Å². The fourth-order valence-corrected chi connectivity index (χ4v) is 6.05. The molecule has 1 aliphatic heterocycles. The van der Waals surface area contributed by atoms with E-state index in [0.717, 1.165) is 25.7 Å². The highest BCUT2D eigenvalue weighted by atomic mass is 19.3. The molecule has 0 spiro atoms. The van der Waals surface area contributed by atoms with Crippen LogP contribution in [0.1, 0.15) is 58.7 Å². The lowest BCUT2D eigenvalue weighted by atomic mass is 9.85. The van der Waals surface area contributed by atoms with E-state index in [-0.39, 0.29) is 17.9 Å². The van der Waals surface area contributed by atoms with Crippen LogP contribution >= 0.6 is 0 Å². The second kappa shape index (κ2) is 12.7. The van der Waals surface area contributed by atoms with Crippen LogP contribution in [0.4, 0.5) is 20.5 Å². The number of likely N-dealkylation sites (N-methyl/N-ethyl adjacent to an activating group) is 1. The Bertz CT molecular complexity index is 1350. The first kappa shape index (κ1) is 29.2. The van der Waals surface area contributed by atoms with Crippen molar-refractivity contribution >= 4 is 22.8 Å². The quantitative estimate of drug-likeness (QED) is 0.316. The van der Waals surface area contributed by atoms with Gasteiger partial charge in [0.15, 0.2) is 5.82 Å². The summed E-state index contributed by atoms with van der Waals surface area (Å²) in [6.45, 7) is 8.39. The Labute approximate surface area is 240 Å². The largest absolute Gasteiger partial charge is 0.513 e. The molecular weight excluding hydrogens is 528 g/mol. The second-order valence-electron chi connectivity index (χ2n) is 11.4. The van der Waals surface area contributed by atoms with Gasteiger partial charge >= 0.3 is 0 Å². The number of hydrogen-bond acceptors (Lipinski definition) is 8. The number of hydrogen-bond donors (Lipinski definition) is 2.